The van der Waals surface area contributed by atoms with Gasteiger partial charge >= 0.3 is 0 Å². The van der Waals surface area contributed by atoms with Gasteiger partial charge in [-0.15, -0.1) is 0 Å². The van der Waals surface area contributed by atoms with Gasteiger partial charge in [-0.3, -0.25) is 0 Å². The lowest BCUT2D eigenvalue weighted by atomic mass is 9.89. The Morgan fingerprint density at radius 2 is 0.883 bits per heavy atom. The molecule has 12 rings (SSSR count). The number of pyridine rings is 1. The normalized spacial score (nSPS) is 11.7. The fourth-order valence-electron chi connectivity index (χ4n) is 9.70. The van der Waals surface area contributed by atoms with Gasteiger partial charge in [-0.2, -0.15) is 0 Å². The largest absolute Gasteiger partial charge is 0.315 e. The molecule has 2 heterocycles. The first-order valence-corrected chi connectivity index (χ1v) is 20.7. The molecular formula is C58H38N2. The molecule has 2 aromatic heterocycles. The predicted octanol–water partition coefficient (Wildman–Crippen LogP) is 16.2. The molecule has 0 radical (unpaired) electrons. The van der Waals surface area contributed by atoms with Crippen molar-refractivity contribution in [1.29, 1.82) is 0 Å². The second-order valence-electron chi connectivity index (χ2n) is 15.7. The van der Waals surface area contributed by atoms with Crippen molar-refractivity contribution in [3.63, 3.8) is 0 Å². The average Bonchev–Trinajstić information content (AvgIpc) is 3.68. The van der Waals surface area contributed by atoms with Crippen LogP contribution in [0.15, 0.2) is 231 Å². The van der Waals surface area contributed by atoms with Crippen molar-refractivity contribution < 1.29 is 0 Å². The average molecular weight is 763 g/mol. The molecule has 0 aliphatic heterocycles. The van der Waals surface area contributed by atoms with Crippen LogP contribution in [0.3, 0.4) is 0 Å². The van der Waals surface area contributed by atoms with Crippen LogP contribution in [0.1, 0.15) is 0 Å². The number of nitrogens with zero attached hydrogens (tertiary/aromatic N) is 2. The summed E-state index contributed by atoms with van der Waals surface area (Å²) in [6.07, 6.45) is 2.21. The van der Waals surface area contributed by atoms with Gasteiger partial charge in [-0.1, -0.05) is 182 Å². The second-order valence-corrected chi connectivity index (χ2v) is 15.7. The molecule has 10 aromatic carbocycles. The number of hydrogen-bond acceptors (Lipinski definition) is 1. The van der Waals surface area contributed by atoms with Crippen molar-refractivity contribution >= 4 is 76.6 Å². The van der Waals surface area contributed by atoms with E-state index >= 15 is 0 Å². The van der Waals surface area contributed by atoms with Crippen LogP contribution >= 0.6 is 0 Å². The van der Waals surface area contributed by atoms with Crippen LogP contribution in [0.2, 0.25) is 0 Å². The summed E-state index contributed by atoms with van der Waals surface area (Å²) in [5.41, 5.74) is 13.1. The monoisotopic (exact) mass is 762 g/mol. The summed E-state index contributed by atoms with van der Waals surface area (Å²) in [4.78, 5) is 2.42. The minimum Gasteiger partial charge on any atom is -0.315 e. The molecule has 0 unspecified atom stereocenters. The van der Waals surface area contributed by atoms with Crippen LogP contribution < -0.4 is 4.90 Å². The van der Waals surface area contributed by atoms with Gasteiger partial charge in [-0.05, 0) is 103 Å². The fourth-order valence-corrected chi connectivity index (χ4v) is 9.70. The molecule has 60 heavy (non-hydrogen) atoms. The van der Waals surface area contributed by atoms with E-state index in [-0.39, 0.29) is 0 Å². The minimum atomic E-state index is 1.10. The number of hydrogen-bond donors (Lipinski definition) is 0. The Labute approximate surface area is 348 Å². The third-order valence-corrected chi connectivity index (χ3v) is 12.3. The predicted molar refractivity (Wildman–Crippen MR) is 256 cm³/mol. The highest BCUT2D eigenvalue weighted by Crippen LogP contribution is 2.47. The summed E-state index contributed by atoms with van der Waals surface area (Å²) in [6, 6.07) is 81.9. The quantitative estimate of drug-likeness (QED) is 0.153. The second kappa shape index (κ2) is 13.9. The van der Waals surface area contributed by atoms with Crippen LogP contribution in [0.25, 0.3) is 92.9 Å². The first kappa shape index (κ1) is 34.1. The van der Waals surface area contributed by atoms with Crippen LogP contribution in [0, 0.1) is 0 Å². The molecule has 2 nitrogen and oxygen atoms in total. The summed E-state index contributed by atoms with van der Waals surface area (Å²) in [5, 5.41) is 11.3. The maximum atomic E-state index is 2.42. The van der Waals surface area contributed by atoms with Gasteiger partial charge in [0.1, 0.15) is 0 Å². The van der Waals surface area contributed by atoms with Crippen molar-refractivity contribution in [3.05, 3.63) is 231 Å². The summed E-state index contributed by atoms with van der Waals surface area (Å²) in [7, 11) is 0. The van der Waals surface area contributed by atoms with Gasteiger partial charge in [0.15, 0.2) is 0 Å². The zero-order valence-corrected chi connectivity index (χ0v) is 32.8. The van der Waals surface area contributed by atoms with E-state index in [1.165, 1.54) is 92.9 Å². The van der Waals surface area contributed by atoms with Crippen LogP contribution in [-0.2, 0) is 0 Å². The third kappa shape index (κ3) is 5.35. The highest BCUT2D eigenvalue weighted by molar-refractivity contribution is 6.32. The Morgan fingerprint density at radius 3 is 1.62 bits per heavy atom. The van der Waals surface area contributed by atoms with Crippen molar-refractivity contribution in [2.75, 3.05) is 4.90 Å². The third-order valence-electron chi connectivity index (χ3n) is 12.3. The Kier molecular flexibility index (Phi) is 7.89. The van der Waals surface area contributed by atoms with E-state index in [1.54, 1.807) is 0 Å². The lowest BCUT2D eigenvalue weighted by molar-refractivity contribution is 1.26. The first-order chi connectivity index (χ1) is 29.8. The molecule has 0 bridgehead atoms. The Morgan fingerprint density at radius 1 is 0.333 bits per heavy atom. The molecule has 2 heteroatoms. The zero-order chi connectivity index (χ0) is 39.6. The summed E-state index contributed by atoms with van der Waals surface area (Å²) < 4.78 is 2.39. The number of aromatic nitrogens is 1. The molecule has 0 fully saturated rings. The van der Waals surface area contributed by atoms with E-state index in [9.17, 15) is 0 Å². The standard InChI is InChI=1S/C58H38N2/c1-3-16-39(17-4-1)40-29-33-44(34-30-40)60(54-38-43-20-7-8-21-46(43)48-22-9-10-23-49(48)54)45-35-31-41(32-36-45)47-26-15-27-52-56(47)50-24-11-12-25-51(50)58-57(52)55(42-18-5-2-6-19-42)53-28-13-14-37-59(53)58/h1-38H. The van der Waals surface area contributed by atoms with E-state index in [1.807, 2.05) is 0 Å². The molecule has 0 aliphatic rings. The van der Waals surface area contributed by atoms with E-state index < -0.39 is 0 Å². The smallest absolute Gasteiger partial charge is 0.0620 e. The van der Waals surface area contributed by atoms with Crippen molar-refractivity contribution in [1.82, 2.24) is 4.40 Å². The SMILES string of the molecule is c1ccc(-c2ccc(N(c3ccc(-c4cccc5c4c4ccccc4c4c5c(-c5ccccc5)c5ccccn54)cc3)c3cc4ccccc4c4ccccc34)cc2)cc1. The summed E-state index contributed by atoms with van der Waals surface area (Å²) >= 11 is 0. The number of rotatable bonds is 6. The van der Waals surface area contributed by atoms with Gasteiger partial charge < -0.3 is 9.30 Å². The summed E-state index contributed by atoms with van der Waals surface area (Å²) in [5.74, 6) is 0. The van der Waals surface area contributed by atoms with E-state index in [0.29, 0.717) is 0 Å². The van der Waals surface area contributed by atoms with Crippen LogP contribution in [0.4, 0.5) is 17.1 Å². The molecule has 0 saturated heterocycles. The Balaban J connectivity index is 1.08. The van der Waals surface area contributed by atoms with Crippen molar-refractivity contribution in [3.8, 4) is 33.4 Å². The minimum absolute atomic E-state index is 1.10. The Hall–Kier alpha value is -7.94. The van der Waals surface area contributed by atoms with Gasteiger partial charge in [0, 0.05) is 39.3 Å². The highest BCUT2D eigenvalue weighted by atomic mass is 15.1. The molecule has 0 atom stereocenters. The zero-order valence-electron chi connectivity index (χ0n) is 32.8. The van der Waals surface area contributed by atoms with Gasteiger partial charge in [0.2, 0.25) is 0 Å². The lowest BCUT2D eigenvalue weighted by Gasteiger charge is -2.28. The van der Waals surface area contributed by atoms with Crippen molar-refractivity contribution in [2.24, 2.45) is 0 Å². The maximum Gasteiger partial charge on any atom is 0.0620 e. The maximum absolute atomic E-state index is 2.42. The van der Waals surface area contributed by atoms with Gasteiger partial charge in [0.25, 0.3) is 0 Å². The molecular weight excluding hydrogens is 725 g/mol. The highest BCUT2D eigenvalue weighted by Gasteiger charge is 2.22. The van der Waals surface area contributed by atoms with Crippen LogP contribution in [-0.4, -0.2) is 4.40 Å². The van der Waals surface area contributed by atoms with E-state index in [0.717, 1.165) is 17.1 Å². The number of anilines is 3. The number of benzene rings is 10. The number of fused-ring (bicyclic) bond motifs is 11. The molecule has 280 valence electrons. The molecule has 0 aliphatic carbocycles. The molecule has 12 aromatic rings. The molecule has 0 amide bonds. The van der Waals surface area contributed by atoms with E-state index in [4.69, 9.17) is 0 Å². The van der Waals surface area contributed by atoms with Crippen molar-refractivity contribution in [2.45, 2.75) is 0 Å². The molecule has 0 spiro atoms. The van der Waals surface area contributed by atoms with Gasteiger partial charge in [0.05, 0.1) is 16.7 Å². The Bertz CT molecular complexity index is 3570. The summed E-state index contributed by atoms with van der Waals surface area (Å²) in [6.45, 7) is 0. The van der Waals surface area contributed by atoms with Crippen LogP contribution in [0.5, 0.6) is 0 Å². The molecule has 0 saturated carbocycles. The first-order valence-electron chi connectivity index (χ1n) is 20.7. The topological polar surface area (TPSA) is 7.65 Å². The molecule has 0 N–H and O–H groups in total. The van der Waals surface area contributed by atoms with Gasteiger partial charge in [-0.25, -0.2) is 0 Å². The fraction of sp³-hybridized carbons (Fsp3) is 0. The van der Waals surface area contributed by atoms with E-state index in [2.05, 4.69) is 240 Å². The lowest BCUT2D eigenvalue weighted by Crippen LogP contribution is -2.10.